The lowest BCUT2D eigenvalue weighted by molar-refractivity contribution is -0.706. The summed E-state index contributed by atoms with van der Waals surface area (Å²) in [4.78, 5) is 11.7. The summed E-state index contributed by atoms with van der Waals surface area (Å²) >= 11 is 0. The number of aromatic nitrogens is 1. The Morgan fingerprint density at radius 1 is 1.14 bits per heavy atom. The van der Waals surface area contributed by atoms with Crippen molar-refractivity contribution < 1.29 is 29.4 Å². The first-order chi connectivity index (χ1) is 10.6. The maximum Gasteiger partial charge on any atom is 0.338 e. The number of carbonyl (C=O) groups is 1. The van der Waals surface area contributed by atoms with E-state index in [1.165, 1.54) is 6.07 Å². The molecule has 2 aromatic rings. The fourth-order valence-electron chi connectivity index (χ4n) is 2.05. The average Bonchev–Trinajstić information content (AvgIpc) is 2.55. The first-order valence-corrected chi connectivity index (χ1v) is 6.89. The van der Waals surface area contributed by atoms with Crippen LogP contribution in [0.15, 0.2) is 42.6 Å². The Balaban J connectivity index is 1.87. The van der Waals surface area contributed by atoms with Crippen molar-refractivity contribution in [1.82, 2.24) is 0 Å². The van der Waals surface area contributed by atoms with Gasteiger partial charge in [-0.1, -0.05) is 18.2 Å². The van der Waals surface area contributed by atoms with Crippen molar-refractivity contribution in [3.05, 3.63) is 53.9 Å². The summed E-state index contributed by atoms with van der Waals surface area (Å²) in [6, 6.07) is 10.0. The highest BCUT2D eigenvalue weighted by atomic mass is 16.5. The number of benzene rings is 1. The third-order valence-corrected chi connectivity index (χ3v) is 3.21. The molecule has 22 heavy (non-hydrogen) atoms. The van der Waals surface area contributed by atoms with Crippen LogP contribution in [0.5, 0.6) is 11.5 Å². The Morgan fingerprint density at radius 3 is 2.55 bits per heavy atom. The van der Waals surface area contributed by atoms with Crippen LogP contribution in [-0.4, -0.2) is 27.9 Å². The van der Waals surface area contributed by atoms with E-state index in [0.29, 0.717) is 18.5 Å². The van der Waals surface area contributed by atoms with Gasteiger partial charge in [-0.15, -0.1) is 0 Å². The van der Waals surface area contributed by atoms with Crippen molar-refractivity contribution in [2.45, 2.75) is 19.6 Å². The van der Waals surface area contributed by atoms with Gasteiger partial charge in [0.25, 0.3) is 5.69 Å². The van der Waals surface area contributed by atoms with Crippen LogP contribution in [0.4, 0.5) is 0 Å². The SMILES string of the molecule is O=C(OCCC[n+]1ccc(O)c(O)c1CO)c1ccccc1. The van der Waals surface area contributed by atoms with Crippen molar-refractivity contribution in [1.29, 1.82) is 0 Å². The zero-order valence-corrected chi connectivity index (χ0v) is 12.0. The number of aliphatic hydroxyl groups excluding tert-OH is 1. The van der Waals surface area contributed by atoms with E-state index in [2.05, 4.69) is 0 Å². The molecule has 0 spiro atoms. The third kappa shape index (κ3) is 3.73. The minimum Gasteiger partial charge on any atom is -0.504 e. The molecule has 0 saturated heterocycles. The predicted octanol–water partition coefficient (Wildman–Crippen LogP) is 1.12. The summed E-state index contributed by atoms with van der Waals surface area (Å²) < 4.78 is 6.75. The van der Waals surface area contributed by atoms with Crippen molar-refractivity contribution in [3.63, 3.8) is 0 Å². The van der Waals surface area contributed by atoms with Gasteiger partial charge in [0.1, 0.15) is 6.61 Å². The van der Waals surface area contributed by atoms with E-state index in [1.54, 1.807) is 35.0 Å². The van der Waals surface area contributed by atoms with Crippen molar-refractivity contribution in [2.24, 2.45) is 0 Å². The number of aromatic hydroxyl groups is 2. The number of nitrogens with zero attached hydrogens (tertiary/aromatic N) is 1. The molecule has 6 nitrogen and oxygen atoms in total. The molecule has 0 atom stereocenters. The number of hydrogen-bond acceptors (Lipinski definition) is 5. The Hall–Kier alpha value is -2.60. The largest absolute Gasteiger partial charge is 0.504 e. The number of rotatable bonds is 6. The van der Waals surface area contributed by atoms with Crippen molar-refractivity contribution in [3.8, 4) is 11.5 Å². The van der Waals surface area contributed by atoms with Gasteiger partial charge in [-0.25, -0.2) is 4.79 Å². The monoisotopic (exact) mass is 304 g/mol. The summed E-state index contributed by atoms with van der Waals surface area (Å²) in [5.41, 5.74) is 0.711. The van der Waals surface area contributed by atoms with E-state index in [9.17, 15) is 20.1 Å². The number of pyridine rings is 1. The molecular formula is C16H18NO5+. The number of esters is 1. The van der Waals surface area contributed by atoms with E-state index in [1.807, 2.05) is 6.07 Å². The second-order valence-corrected chi connectivity index (χ2v) is 4.70. The molecule has 0 saturated carbocycles. The highest BCUT2D eigenvalue weighted by Gasteiger charge is 2.18. The summed E-state index contributed by atoms with van der Waals surface area (Å²) in [7, 11) is 0. The lowest BCUT2D eigenvalue weighted by Crippen LogP contribution is -2.38. The fraction of sp³-hybridized carbons (Fsp3) is 0.250. The summed E-state index contributed by atoms with van der Waals surface area (Å²) in [5.74, 6) is -1.01. The number of aryl methyl sites for hydroxylation is 1. The topological polar surface area (TPSA) is 90.9 Å². The van der Waals surface area contributed by atoms with E-state index in [0.717, 1.165) is 0 Å². The molecule has 3 N–H and O–H groups in total. The summed E-state index contributed by atoms with van der Waals surface area (Å²) in [6.45, 7) is 0.253. The van der Waals surface area contributed by atoms with Crippen LogP contribution >= 0.6 is 0 Å². The minimum absolute atomic E-state index is 0.216. The first-order valence-electron chi connectivity index (χ1n) is 6.89. The molecule has 0 aliphatic rings. The van der Waals surface area contributed by atoms with Gasteiger partial charge in [-0.05, 0) is 12.1 Å². The zero-order chi connectivity index (χ0) is 15.9. The number of aliphatic hydroxyl groups is 1. The van der Waals surface area contributed by atoms with Gasteiger partial charge in [0.2, 0.25) is 5.75 Å². The molecular weight excluding hydrogens is 286 g/mol. The molecule has 0 radical (unpaired) electrons. The molecule has 1 aromatic carbocycles. The van der Waals surface area contributed by atoms with Gasteiger partial charge in [0.15, 0.2) is 18.5 Å². The van der Waals surface area contributed by atoms with E-state index in [4.69, 9.17) is 4.74 Å². The molecule has 0 aliphatic carbocycles. The first kappa shape index (κ1) is 15.8. The molecule has 0 aliphatic heterocycles. The van der Waals surface area contributed by atoms with Crippen LogP contribution < -0.4 is 4.57 Å². The van der Waals surface area contributed by atoms with Crippen LogP contribution in [0.1, 0.15) is 22.5 Å². The Bertz CT molecular complexity index is 642. The van der Waals surface area contributed by atoms with E-state index >= 15 is 0 Å². The van der Waals surface area contributed by atoms with Gasteiger partial charge in [-0.3, -0.25) is 0 Å². The van der Waals surface area contributed by atoms with Gasteiger partial charge in [0, 0.05) is 12.5 Å². The van der Waals surface area contributed by atoms with Gasteiger partial charge in [0.05, 0.1) is 12.2 Å². The molecule has 0 amide bonds. The van der Waals surface area contributed by atoms with Gasteiger partial charge in [-0.2, -0.15) is 4.57 Å². The van der Waals surface area contributed by atoms with Crippen LogP contribution in [0.3, 0.4) is 0 Å². The average molecular weight is 304 g/mol. The van der Waals surface area contributed by atoms with Crippen LogP contribution in [-0.2, 0) is 17.9 Å². The molecule has 0 bridgehead atoms. The standard InChI is InChI=1S/C16H17NO5/c18-11-13-15(20)14(19)7-9-17(13)8-4-10-22-16(21)12-5-2-1-3-6-12/h1-3,5-7,9,18,20H,4,8,10-11H2/p+1. The molecule has 1 heterocycles. The van der Waals surface area contributed by atoms with Crippen LogP contribution in [0.2, 0.25) is 0 Å². The highest BCUT2D eigenvalue weighted by Crippen LogP contribution is 2.25. The maximum absolute atomic E-state index is 11.7. The normalized spacial score (nSPS) is 10.4. The smallest absolute Gasteiger partial charge is 0.338 e. The van der Waals surface area contributed by atoms with Gasteiger partial charge >= 0.3 is 5.97 Å². The Labute approximate surface area is 127 Å². The summed E-state index contributed by atoms with van der Waals surface area (Å²) in [5, 5.41) is 28.3. The Morgan fingerprint density at radius 2 is 1.86 bits per heavy atom. The van der Waals surface area contributed by atoms with Crippen LogP contribution in [0.25, 0.3) is 0 Å². The molecule has 1 aromatic heterocycles. The van der Waals surface area contributed by atoms with E-state index in [-0.39, 0.29) is 29.8 Å². The van der Waals surface area contributed by atoms with Crippen LogP contribution in [0, 0.1) is 0 Å². The van der Waals surface area contributed by atoms with Crippen molar-refractivity contribution in [2.75, 3.05) is 6.61 Å². The lowest BCUT2D eigenvalue weighted by Gasteiger charge is -2.06. The zero-order valence-electron chi connectivity index (χ0n) is 12.0. The summed E-state index contributed by atoms with van der Waals surface area (Å²) in [6.07, 6.45) is 2.07. The second kappa shape index (κ2) is 7.42. The molecule has 116 valence electrons. The molecule has 0 unspecified atom stereocenters. The fourth-order valence-corrected chi connectivity index (χ4v) is 2.05. The number of carbonyl (C=O) groups excluding carboxylic acids is 1. The number of hydrogen-bond donors (Lipinski definition) is 3. The number of ether oxygens (including phenoxy) is 1. The van der Waals surface area contributed by atoms with E-state index < -0.39 is 6.61 Å². The maximum atomic E-state index is 11.7. The minimum atomic E-state index is -0.399. The molecule has 6 heteroatoms. The van der Waals surface area contributed by atoms with Gasteiger partial charge < -0.3 is 20.1 Å². The van der Waals surface area contributed by atoms with Crippen molar-refractivity contribution >= 4 is 5.97 Å². The molecule has 2 rings (SSSR count). The quantitative estimate of drug-likeness (QED) is 0.423. The Kier molecular flexibility index (Phi) is 5.32. The highest BCUT2D eigenvalue weighted by molar-refractivity contribution is 5.89. The lowest BCUT2D eigenvalue weighted by atomic mass is 10.2. The molecule has 0 fully saturated rings. The second-order valence-electron chi connectivity index (χ2n) is 4.70. The predicted molar refractivity (Wildman–Crippen MR) is 77.2 cm³/mol. The third-order valence-electron chi connectivity index (χ3n) is 3.21.